The summed E-state index contributed by atoms with van der Waals surface area (Å²) >= 11 is 0. The lowest BCUT2D eigenvalue weighted by atomic mass is 9.94. The van der Waals surface area contributed by atoms with Crippen LogP contribution in [0.1, 0.15) is 35.2 Å². The van der Waals surface area contributed by atoms with Crippen LogP contribution < -0.4 is 4.74 Å². The van der Waals surface area contributed by atoms with E-state index >= 15 is 0 Å². The predicted molar refractivity (Wildman–Crippen MR) is 120 cm³/mol. The fraction of sp³-hybridized carbons (Fsp3) is 0.192. The minimum atomic E-state index is -0.811. The number of pyridine rings is 1. The number of rotatable bonds is 4. The largest absolute Gasteiger partial charge is 0.508 e. The third-order valence-electron chi connectivity index (χ3n) is 5.99. The highest BCUT2D eigenvalue weighted by atomic mass is 16.5. The van der Waals surface area contributed by atoms with E-state index in [1.807, 2.05) is 13.0 Å². The molecule has 2 aromatic carbocycles. The van der Waals surface area contributed by atoms with Crippen LogP contribution in [0.3, 0.4) is 0 Å². The molecule has 2 aliphatic rings. The Bertz CT molecular complexity index is 1270. The van der Waals surface area contributed by atoms with Crippen molar-refractivity contribution >= 4 is 17.4 Å². The van der Waals surface area contributed by atoms with E-state index in [1.165, 1.54) is 17.0 Å². The lowest BCUT2D eigenvalue weighted by molar-refractivity contribution is -0.140. The number of ether oxygens (including phenoxy) is 1. The maximum atomic E-state index is 13.2. The molecule has 1 fully saturated rings. The summed E-state index contributed by atoms with van der Waals surface area (Å²) in [7, 11) is 0. The number of likely N-dealkylation sites (tertiary alicyclic amines) is 1. The summed E-state index contributed by atoms with van der Waals surface area (Å²) in [5.41, 5.74) is 2.77. The third-order valence-corrected chi connectivity index (χ3v) is 5.99. The lowest BCUT2D eigenvalue weighted by Crippen LogP contribution is -2.29. The molecule has 0 aliphatic carbocycles. The number of aliphatic hydroxyl groups is 1. The van der Waals surface area contributed by atoms with Crippen LogP contribution in [0, 0.1) is 0 Å². The molecular formula is C26H22N2O5. The van der Waals surface area contributed by atoms with Gasteiger partial charge in [0.05, 0.1) is 11.6 Å². The molecule has 3 heterocycles. The number of hydrogen-bond acceptors (Lipinski definition) is 6. The van der Waals surface area contributed by atoms with E-state index in [0.29, 0.717) is 17.5 Å². The summed E-state index contributed by atoms with van der Waals surface area (Å²) in [5.74, 6) is -0.861. The minimum absolute atomic E-state index is 0.0153. The van der Waals surface area contributed by atoms with Crippen LogP contribution in [0.4, 0.5) is 0 Å². The summed E-state index contributed by atoms with van der Waals surface area (Å²) in [6.45, 7) is 2.12. The van der Waals surface area contributed by atoms with E-state index in [2.05, 4.69) is 4.98 Å². The molecule has 0 radical (unpaired) electrons. The minimum Gasteiger partial charge on any atom is -0.508 e. The maximum absolute atomic E-state index is 13.2. The Morgan fingerprint density at radius 2 is 1.94 bits per heavy atom. The van der Waals surface area contributed by atoms with Crippen molar-refractivity contribution in [1.29, 1.82) is 0 Å². The molecule has 2 atom stereocenters. The number of Topliss-reactive ketones (excluding diaryl/α,β-unsaturated/α-hetero) is 1. The van der Waals surface area contributed by atoms with Crippen LogP contribution in [0.15, 0.2) is 72.6 Å². The monoisotopic (exact) mass is 442 g/mol. The number of hydrogen-bond donors (Lipinski definition) is 2. The zero-order valence-corrected chi connectivity index (χ0v) is 17.9. The number of amides is 1. The first-order valence-corrected chi connectivity index (χ1v) is 10.7. The fourth-order valence-corrected chi connectivity index (χ4v) is 4.46. The number of nitrogens with zero attached hydrogens (tertiary/aromatic N) is 2. The number of phenols is 1. The molecule has 5 rings (SSSR count). The number of aromatic hydroxyl groups is 1. The Kier molecular flexibility index (Phi) is 5.09. The number of benzene rings is 2. The molecule has 7 nitrogen and oxygen atoms in total. The van der Waals surface area contributed by atoms with Crippen molar-refractivity contribution in [3.63, 3.8) is 0 Å². The Labute approximate surface area is 190 Å². The van der Waals surface area contributed by atoms with Gasteiger partial charge in [0.25, 0.3) is 11.7 Å². The first-order chi connectivity index (χ1) is 15.9. The van der Waals surface area contributed by atoms with Crippen LogP contribution >= 0.6 is 0 Å². The Morgan fingerprint density at radius 1 is 1.15 bits per heavy atom. The molecule has 166 valence electrons. The first-order valence-electron chi connectivity index (χ1n) is 10.7. The Hall–Kier alpha value is -4.13. The highest BCUT2D eigenvalue weighted by molar-refractivity contribution is 6.46. The summed E-state index contributed by atoms with van der Waals surface area (Å²) in [4.78, 5) is 31.8. The molecule has 1 saturated heterocycles. The van der Waals surface area contributed by atoms with E-state index in [9.17, 15) is 19.8 Å². The molecular weight excluding hydrogens is 420 g/mol. The molecule has 2 unspecified atom stereocenters. The van der Waals surface area contributed by atoms with Crippen molar-refractivity contribution in [2.75, 3.05) is 0 Å². The van der Waals surface area contributed by atoms with Gasteiger partial charge in [-0.15, -0.1) is 0 Å². The number of carbonyl (C=O) groups excluding carboxylic acids is 2. The number of carbonyl (C=O) groups is 2. The molecule has 33 heavy (non-hydrogen) atoms. The Morgan fingerprint density at radius 3 is 2.67 bits per heavy atom. The van der Waals surface area contributed by atoms with Gasteiger partial charge in [0.15, 0.2) is 0 Å². The lowest BCUT2D eigenvalue weighted by Gasteiger charge is -2.25. The second-order valence-electron chi connectivity index (χ2n) is 8.33. The van der Waals surface area contributed by atoms with Crippen molar-refractivity contribution in [3.8, 4) is 11.5 Å². The summed E-state index contributed by atoms with van der Waals surface area (Å²) < 4.78 is 5.73. The van der Waals surface area contributed by atoms with Gasteiger partial charge in [-0.05, 0) is 60.0 Å². The number of aliphatic hydroxyl groups excluding tert-OH is 1. The van der Waals surface area contributed by atoms with Crippen molar-refractivity contribution < 1.29 is 24.5 Å². The number of ketones is 1. The summed E-state index contributed by atoms with van der Waals surface area (Å²) in [6.07, 6.45) is 4.01. The van der Waals surface area contributed by atoms with Gasteiger partial charge in [0.1, 0.15) is 23.4 Å². The predicted octanol–water partition coefficient (Wildman–Crippen LogP) is 3.73. The molecule has 0 spiro atoms. The number of phenolic OH excluding ortho intramolecular Hbond substituents is 1. The second kappa shape index (κ2) is 8.09. The van der Waals surface area contributed by atoms with Crippen LogP contribution in [0.5, 0.6) is 11.5 Å². The molecule has 3 aromatic rings. The molecule has 1 amide bonds. The van der Waals surface area contributed by atoms with E-state index < -0.39 is 17.7 Å². The van der Waals surface area contributed by atoms with E-state index in [0.717, 1.165) is 16.9 Å². The molecule has 2 aliphatic heterocycles. The van der Waals surface area contributed by atoms with Gasteiger partial charge in [0, 0.05) is 30.9 Å². The van der Waals surface area contributed by atoms with Gasteiger partial charge in [-0.1, -0.05) is 18.2 Å². The fourth-order valence-electron chi connectivity index (χ4n) is 4.46. The molecule has 1 aromatic heterocycles. The van der Waals surface area contributed by atoms with Gasteiger partial charge in [-0.25, -0.2) is 0 Å². The molecule has 0 bridgehead atoms. The SMILES string of the molecule is CC1Cc2cc(C(O)=C3C(=O)C(=O)N(Cc4cccnc4)C3c3ccc(O)cc3)ccc2O1. The zero-order chi connectivity index (χ0) is 23.1. The van der Waals surface area contributed by atoms with Crippen LogP contribution in [0.2, 0.25) is 0 Å². The van der Waals surface area contributed by atoms with Crippen LogP contribution in [-0.2, 0) is 22.6 Å². The van der Waals surface area contributed by atoms with E-state index in [-0.39, 0.29) is 29.7 Å². The van der Waals surface area contributed by atoms with Gasteiger partial charge in [-0.2, -0.15) is 0 Å². The standard InChI is InChI=1S/C26H22N2O5/c1-15-11-19-12-18(6-9-21(19)33-15)24(30)22-23(17-4-7-20(29)8-5-17)28(26(32)25(22)31)14-16-3-2-10-27-13-16/h2-10,12-13,15,23,29-30H,11,14H2,1H3. The van der Waals surface area contributed by atoms with E-state index in [4.69, 9.17) is 4.74 Å². The molecule has 2 N–H and O–H groups in total. The Balaban J connectivity index is 1.62. The van der Waals surface area contributed by atoms with Crippen LogP contribution in [-0.4, -0.2) is 37.9 Å². The topological polar surface area (TPSA) is 100.0 Å². The average molecular weight is 442 g/mol. The second-order valence-corrected chi connectivity index (χ2v) is 8.33. The quantitative estimate of drug-likeness (QED) is 0.363. The van der Waals surface area contributed by atoms with Crippen molar-refractivity contribution in [2.45, 2.75) is 32.0 Å². The first kappa shape index (κ1) is 20.8. The zero-order valence-electron chi connectivity index (χ0n) is 17.9. The van der Waals surface area contributed by atoms with Gasteiger partial charge >= 0.3 is 0 Å². The van der Waals surface area contributed by atoms with Gasteiger partial charge < -0.3 is 19.8 Å². The van der Waals surface area contributed by atoms with Crippen LogP contribution in [0.25, 0.3) is 5.76 Å². The highest BCUT2D eigenvalue weighted by Gasteiger charge is 2.46. The summed E-state index contributed by atoms with van der Waals surface area (Å²) in [5, 5.41) is 21.0. The number of aromatic nitrogens is 1. The smallest absolute Gasteiger partial charge is 0.295 e. The molecule has 0 saturated carbocycles. The van der Waals surface area contributed by atoms with E-state index in [1.54, 1.807) is 48.8 Å². The number of fused-ring (bicyclic) bond motifs is 1. The van der Waals surface area contributed by atoms with Crippen molar-refractivity contribution in [2.24, 2.45) is 0 Å². The molecule has 7 heteroatoms. The normalized spacial score (nSPS) is 21.2. The summed E-state index contributed by atoms with van der Waals surface area (Å²) in [6, 6.07) is 14.3. The average Bonchev–Trinajstić information content (AvgIpc) is 3.31. The van der Waals surface area contributed by atoms with Gasteiger partial charge in [-0.3, -0.25) is 14.6 Å². The van der Waals surface area contributed by atoms with Crippen molar-refractivity contribution in [1.82, 2.24) is 9.88 Å². The van der Waals surface area contributed by atoms with Crippen molar-refractivity contribution in [3.05, 3.63) is 94.8 Å². The van der Waals surface area contributed by atoms with Gasteiger partial charge in [0.2, 0.25) is 0 Å². The maximum Gasteiger partial charge on any atom is 0.295 e. The third kappa shape index (κ3) is 3.71. The highest BCUT2D eigenvalue weighted by Crippen LogP contribution is 2.41.